The lowest BCUT2D eigenvalue weighted by Crippen LogP contribution is -2.50. The largest absolute Gasteiger partial charge is 0.365 e. The van der Waals surface area contributed by atoms with Crippen LogP contribution in [0.5, 0.6) is 0 Å². The van der Waals surface area contributed by atoms with E-state index in [0.717, 1.165) is 38.5 Å². The number of unbranched alkanes of at least 4 members (excludes halogenated alkanes) is 4. The maximum absolute atomic E-state index is 12.4. The Bertz CT molecular complexity index is 431. The van der Waals surface area contributed by atoms with Gasteiger partial charge in [-0.05, 0) is 31.6 Å². The van der Waals surface area contributed by atoms with Crippen molar-refractivity contribution in [1.29, 1.82) is 0 Å². The van der Waals surface area contributed by atoms with Gasteiger partial charge in [0.1, 0.15) is 6.10 Å². The minimum Gasteiger partial charge on any atom is -0.365 e. The number of halogens is 1. The van der Waals surface area contributed by atoms with Crippen LogP contribution in [0.4, 0.5) is 0 Å². The third-order valence-corrected chi connectivity index (χ3v) is 5.94. The molecule has 3 aliphatic rings. The van der Waals surface area contributed by atoms with Crippen molar-refractivity contribution in [2.24, 2.45) is 5.92 Å². The number of Topliss-reactive ketones (excluding diaryl/α,β-unsaturated/α-hetero) is 1. The molecular formula is C18H30ClNO4. The molecule has 1 saturated carbocycles. The highest BCUT2D eigenvalue weighted by atomic mass is 35.5. The van der Waals surface area contributed by atoms with Crippen molar-refractivity contribution in [3.63, 3.8) is 0 Å². The number of ketones is 1. The summed E-state index contributed by atoms with van der Waals surface area (Å²) in [5.74, 6) is 0.235. The Morgan fingerprint density at radius 1 is 1.25 bits per heavy atom. The number of nitro groups is 1. The molecular weight excluding hydrogens is 330 g/mol. The highest BCUT2D eigenvalue weighted by Crippen LogP contribution is 2.40. The van der Waals surface area contributed by atoms with Gasteiger partial charge in [-0.3, -0.25) is 14.9 Å². The lowest BCUT2D eigenvalue weighted by Gasteiger charge is -2.44. The quantitative estimate of drug-likeness (QED) is 0.235. The van der Waals surface area contributed by atoms with E-state index in [1.807, 2.05) is 0 Å². The summed E-state index contributed by atoms with van der Waals surface area (Å²) in [6.07, 6.45) is 8.91. The molecule has 2 heterocycles. The first-order valence-corrected chi connectivity index (χ1v) is 9.92. The Morgan fingerprint density at radius 3 is 2.58 bits per heavy atom. The fourth-order valence-electron chi connectivity index (χ4n) is 3.97. The van der Waals surface area contributed by atoms with E-state index in [4.69, 9.17) is 16.3 Å². The molecule has 0 amide bonds. The monoisotopic (exact) mass is 359 g/mol. The molecule has 3 rings (SSSR count). The van der Waals surface area contributed by atoms with Crippen LogP contribution in [-0.4, -0.2) is 34.3 Å². The van der Waals surface area contributed by atoms with Crippen molar-refractivity contribution in [1.82, 2.24) is 0 Å². The molecule has 0 spiro atoms. The van der Waals surface area contributed by atoms with Gasteiger partial charge in [-0.2, -0.15) is 0 Å². The van der Waals surface area contributed by atoms with E-state index in [1.54, 1.807) is 0 Å². The first-order valence-electron chi connectivity index (χ1n) is 9.48. The van der Waals surface area contributed by atoms with Gasteiger partial charge in [-0.1, -0.05) is 32.6 Å². The van der Waals surface area contributed by atoms with Crippen LogP contribution in [0.2, 0.25) is 0 Å². The number of carbonyl (C=O) groups is 1. The Morgan fingerprint density at radius 2 is 2.00 bits per heavy atom. The van der Waals surface area contributed by atoms with Gasteiger partial charge >= 0.3 is 0 Å². The molecule has 2 bridgehead atoms. The minimum atomic E-state index is -0.600. The summed E-state index contributed by atoms with van der Waals surface area (Å²) in [7, 11) is 0. The average molecular weight is 360 g/mol. The highest BCUT2D eigenvalue weighted by Gasteiger charge is 2.44. The SMILES string of the molecule is CCCCCCCC(CCC(=O)C1OC2CCC1CC2Cl)[N+](=O)[O-]. The van der Waals surface area contributed by atoms with Gasteiger partial charge in [0, 0.05) is 24.2 Å². The predicted octanol–water partition coefficient (Wildman–Crippen LogP) is 4.52. The predicted molar refractivity (Wildman–Crippen MR) is 94.0 cm³/mol. The van der Waals surface area contributed by atoms with Crippen LogP contribution in [0.25, 0.3) is 0 Å². The van der Waals surface area contributed by atoms with E-state index in [2.05, 4.69) is 6.92 Å². The number of ether oxygens (including phenoxy) is 1. The van der Waals surface area contributed by atoms with Crippen LogP contribution < -0.4 is 0 Å². The normalized spacial score (nSPS) is 30.2. The van der Waals surface area contributed by atoms with Crippen molar-refractivity contribution in [3.8, 4) is 0 Å². The zero-order valence-corrected chi connectivity index (χ0v) is 15.4. The Balaban J connectivity index is 1.73. The Kier molecular flexibility index (Phi) is 7.95. The molecule has 2 saturated heterocycles. The second kappa shape index (κ2) is 9.71. The minimum absolute atomic E-state index is 0.0162. The fraction of sp³-hybridized carbons (Fsp3) is 0.944. The number of fused-ring (bicyclic) bond motifs is 3. The van der Waals surface area contributed by atoms with Crippen LogP contribution in [0, 0.1) is 16.0 Å². The molecule has 6 heteroatoms. The number of hydrogen-bond donors (Lipinski definition) is 0. The zero-order chi connectivity index (χ0) is 17.5. The zero-order valence-electron chi connectivity index (χ0n) is 14.6. The van der Waals surface area contributed by atoms with E-state index in [0.29, 0.717) is 12.8 Å². The van der Waals surface area contributed by atoms with Gasteiger partial charge in [0.05, 0.1) is 11.5 Å². The summed E-state index contributed by atoms with van der Waals surface area (Å²) >= 11 is 6.22. The molecule has 0 aromatic rings. The maximum Gasteiger partial charge on any atom is 0.213 e. The van der Waals surface area contributed by atoms with Crippen LogP contribution in [0.15, 0.2) is 0 Å². The van der Waals surface area contributed by atoms with Crippen LogP contribution in [0.1, 0.15) is 77.6 Å². The summed E-state index contributed by atoms with van der Waals surface area (Å²) in [6.45, 7) is 2.15. The molecule has 24 heavy (non-hydrogen) atoms. The van der Waals surface area contributed by atoms with Gasteiger partial charge in [0.25, 0.3) is 0 Å². The third-order valence-electron chi connectivity index (χ3n) is 5.48. The van der Waals surface area contributed by atoms with Crippen molar-refractivity contribution in [3.05, 3.63) is 10.1 Å². The molecule has 5 nitrogen and oxygen atoms in total. The molecule has 1 aliphatic carbocycles. The molecule has 5 unspecified atom stereocenters. The summed E-state index contributed by atoms with van der Waals surface area (Å²) in [6, 6.07) is -0.600. The summed E-state index contributed by atoms with van der Waals surface area (Å²) in [5.41, 5.74) is 0. The molecule has 0 radical (unpaired) electrons. The summed E-state index contributed by atoms with van der Waals surface area (Å²) in [5, 5.41) is 11.2. The van der Waals surface area contributed by atoms with Crippen molar-refractivity contribution >= 4 is 17.4 Å². The standard InChI is InChI=1S/C18H30ClNO4/c1-2-3-4-5-6-7-14(20(22)23)9-10-16(21)18-13-8-11-17(24-18)15(19)12-13/h13-15,17-18H,2-12H2,1H3. The molecule has 2 aliphatic heterocycles. The van der Waals surface area contributed by atoms with E-state index in [1.165, 1.54) is 12.8 Å². The van der Waals surface area contributed by atoms with Gasteiger partial charge in [0.15, 0.2) is 5.78 Å². The second-order valence-corrected chi connectivity index (χ2v) is 7.89. The van der Waals surface area contributed by atoms with E-state index >= 15 is 0 Å². The smallest absolute Gasteiger partial charge is 0.213 e. The lowest BCUT2D eigenvalue weighted by molar-refractivity contribution is -0.524. The topological polar surface area (TPSA) is 69.4 Å². The average Bonchev–Trinajstić information content (AvgIpc) is 2.57. The number of rotatable bonds is 11. The molecule has 3 fully saturated rings. The van der Waals surface area contributed by atoms with Crippen LogP contribution >= 0.6 is 11.6 Å². The van der Waals surface area contributed by atoms with E-state index < -0.39 is 6.04 Å². The van der Waals surface area contributed by atoms with Crippen LogP contribution in [0.3, 0.4) is 0 Å². The molecule has 138 valence electrons. The number of carbonyl (C=O) groups excluding carboxylic acids is 1. The Labute approximate surface area is 149 Å². The van der Waals surface area contributed by atoms with Gasteiger partial charge < -0.3 is 4.74 Å². The van der Waals surface area contributed by atoms with Crippen molar-refractivity contribution in [2.75, 3.05) is 0 Å². The molecule has 5 atom stereocenters. The number of nitrogens with zero attached hydrogens (tertiary/aromatic N) is 1. The first kappa shape index (κ1) is 19.6. The van der Waals surface area contributed by atoms with E-state index in [-0.39, 0.29) is 40.6 Å². The lowest BCUT2D eigenvalue weighted by atomic mass is 9.78. The second-order valence-electron chi connectivity index (χ2n) is 7.33. The first-order chi connectivity index (χ1) is 11.5. The fourth-order valence-corrected chi connectivity index (χ4v) is 4.39. The van der Waals surface area contributed by atoms with Crippen molar-refractivity contribution in [2.45, 2.75) is 101 Å². The van der Waals surface area contributed by atoms with Gasteiger partial charge in [-0.25, -0.2) is 0 Å². The molecule has 0 aromatic carbocycles. The molecule has 0 N–H and O–H groups in total. The van der Waals surface area contributed by atoms with Gasteiger partial charge in [0.2, 0.25) is 6.04 Å². The highest BCUT2D eigenvalue weighted by molar-refractivity contribution is 6.21. The van der Waals surface area contributed by atoms with E-state index in [9.17, 15) is 14.9 Å². The summed E-state index contributed by atoms with van der Waals surface area (Å²) < 4.78 is 5.83. The van der Waals surface area contributed by atoms with Crippen molar-refractivity contribution < 1.29 is 14.5 Å². The van der Waals surface area contributed by atoms with Crippen LogP contribution in [-0.2, 0) is 9.53 Å². The third kappa shape index (κ3) is 5.41. The summed E-state index contributed by atoms with van der Waals surface area (Å²) in [4.78, 5) is 23.5. The number of alkyl halides is 1. The maximum atomic E-state index is 12.4. The number of hydrogen-bond acceptors (Lipinski definition) is 4. The van der Waals surface area contributed by atoms with Gasteiger partial charge in [-0.15, -0.1) is 11.6 Å². The molecule has 0 aromatic heterocycles. The Hall–Kier alpha value is -0.680.